The molecule has 1 aliphatic heterocycles. The minimum absolute atomic E-state index is 0.0992. The first-order chi connectivity index (χ1) is 14.4. The largest absolute Gasteiger partial charge is 0.481 e. The highest BCUT2D eigenvalue weighted by Gasteiger charge is 2.40. The Balaban J connectivity index is 1.98. The minimum Gasteiger partial charge on any atom is -0.481 e. The van der Waals surface area contributed by atoms with Crippen molar-refractivity contribution in [3.8, 4) is 0 Å². The van der Waals surface area contributed by atoms with Crippen LogP contribution in [0.2, 0.25) is 5.02 Å². The number of aliphatic carboxylic acids is 1. The molecule has 0 radical (unpaired) electrons. The Morgan fingerprint density at radius 3 is 2.58 bits per heavy atom. The number of urea groups is 1. The predicted octanol–water partition coefficient (Wildman–Crippen LogP) is 6.19. The third kappa shape index (κ3) is 4.98. The summed E-state index contributed by atoms with van der Waals surface area (Å²) in [5.41, 5.74) is 3.73. The Kier molecular flexibility index (Phi) is 6.56. The second-order valence-electron chi connectivity index (χ2n) is 9.84. The number of nitrogens with one attached hydrogen (secondary N) is 1. The van der Waals surface area contributed by atoms with E-state index in [-0.39, 0.29) is 30.3 Å². The number of allylic oxidation sites excluding steroid dienone is 2. The summed E-state index contributed by atoms with van der Waals surface area (Å²) in [5.74, 6) is -0.776. The summed E-state index contributed by atoms with van der Waals surface area (Å²) >= 11 is 6.77. The van der Waals surface area contributed by atoms with Crippen LogP contribution in [0.4, 0.5) is 4.79 Å². The van der Waals surface area contributed by atoms with Gasteiger partial charge in [-0.1, -0.05) is 57.5 Å². The highest BCUT2D eigenvalue weighted by molar-refractivity contribution is 6.32. The molecule has 5 nitrogen and oxygen atoms in total. The van der Waals surface area contributed by atoms with Gasteiger partial charge in [0.05, 0.1) is 12.0 Å². The summed E-state index contributed by atoms with van der Waals surface area (Å²) in [7, 11) is 0. The number of halogens is 1. The van der Waals surface area contributed by atoms with E-state index in [0.29, 0.717) is 5.02 Å². The van der Waals surface area contributed by atoms with Gasteiger partial charge >= 0.3 is 12.0 Å². The van der Waals surface area contributed by atoms with E-state index in [4.69, 9.17) is 16.7 Å². The third-order valence-electron chi connectivity index (χ3n) is 6.40. The van der Waals surface area contributed by atoms with Crippen molar-refractivity contribution in [1.29, 1.82) is 0 Å². The van der Waals surface area contributed by atoms with Gasteiger partial charge in [0.2, 0.25) is 0 Å². The maximum absolute atomic E-state index is 12.8. The Bertz CT molecular complexity index is 948. The number of amides is 2. The third-order valence-corrected chi connectivity index (χ3v) is 6.72. The molecule has 1 atom stereocenters. The molecule has 1 aliphatic carbocycles. The van der Waals surface area contributed by atoms with Gasteiger partial charge in [0.25, 0.3) is 0 Å². The number of carbonyl (C=O) groups is 2. The Hall–Kier alpha value is -2.27. The van der Waals surface area contributed by atoms with Crippen LogP contribution in [0.5, 0.6) is 0 Å². The number of benzene rings is 1. The first kappa shape index (κ1) is 23.4. The van der Waals surface area contributed by atoms with Crippen LogP contribution in [0.15, 0.2) is 36.0 Å². The van der Waals surface area contributed by atoms with Crippen LogP contribution < -0.4 is 5.32 Å². The van der Waals surface area contributed by atoms with Crippen molar-refractivity contribution >= 4 is 29.2 Å². The smallest absolute Gasteiger partial charge is 0.322 e. The van der Waals surface area contributed by atoms with Gasteiger partial charge in [-0.05, 0) is 65.9 Å². The van der Waals surface area contributed by atoms with Crippen LogP contribution in [0.1, 0.15) is 71.4 Å². The fourth-order valence-corrected chi connectivity index (χ4v) is 5.01. The van der Waals surface area contributed by atoms with Gasteiger partial charge in [-0.25, -0.2) is 4.79 Å². The lowest BCUT2D eigenvalue weighted by Crippen LogP contribution is -2.55. The van der Waals surface area contributed by atoms with Crippen molar-refractivity contribution in [2.45, 2.75) is 65.8 Å². The van der Waals surface area contributed by atoms with Gasteiger partial charge in [0, 0.05) is 17.8 Å². The first-order valence-corrected chi connectivity index (χ1v) is 11.4. The van der Waals surface area contributed by atoms with Gasteiger partial charge in [0.1, 0.15) is 0 Å². The number of hydrogen-bond donors (Lipinski definition) is 2. The zero-order valence-corrected chi connectivity index (χ0v) is 19.8. The normalized spacial score (nSPS) is 23.3. The van der Waals surface area contributed by atoms with Gasteiger partial charge in [0.15, 0.2) is 0 Å². The van der Waals surface area contributed by atoms with Crippen molar-refractivity contribution in [2.75, 3.05) is 6.54 Å². The van der Waals surface area contributed by atoms with Crippen LogP contribution in [0.25, 0.3) is 5.57 Å². The number of carboxylic acids is 1. The first-order valence-electron chi connectivity index (χ1n) is 11.0. The van der Waals surface area contributed by atoms with E-state index >= 15 is 0 Å². The molecular weight excluding hydrogens is 412 g/mol. The topological polar surface area (TPSA) is 69.6 Å². The number of carboxylic acid groups (broad SMARTS) is 1. The summed E-state index contributed by atoms with van der Waals surface area (Å²) < 4.78 is 0. The molecule has 2 amide bonds. The second kappa shape index (κ2) is 8.70. The molecule has 0 saturated carbocycles. The van der Waals surface area contributed by atoms with E-state index in [0.717, 1.165) is 29.5 Å². The maximum Gasteiger partial charge on any atom is 0.322 e. The Morgan fingerprint density at radius 2 is 2.00 bits per heavy atom. The van der Waals surface area contributed by atoms with Crippen LogP contribution >= 0.6 is 11.6 Å². The predicted molar refractivity (Wildman–Crippen MR) is 125 cm³/mol. The highest BCUT2D eigenvalue weighted by atomic mass is 35.5. The second-order valence-corrected chi connectivity index (χ2v) is 10.2. The van der Waals surface area contributed by atoms with E-state index in [9.17, 15) is 9.59 Å². The minimum atomic E-state index is -0.928. The van der Waals surface area contributed by atoms with Crippen molar-refractivity contribution in [2.24, 2.45) is 11.3 Å². The lowest BCUT2D eigenvalue weighted by Gasteiger charge is -2.42. The molecular formula is C25H33ClN2O3. The van der Waals surface area contributed by atoms with Gasteiger partial charge in [-0.3, -0.25) is 4.79 Å². The number of carbonyl (C=O) groups excluding carboxylic acids is 1. The van der Waals surface area contributed by atoms with Crippen molar-refractivity contribution in [3.63, 3.8) is 0 Å². The molecule has 1 aromatic carbocycles. The molecule has 6 heteroatoms. The van der Waals surface area contributed by atoms with E-state index in [1.54, 1.807) is 6.20 Å². The maximum atomic E-state index is 12.8. The molecule has 1 unspecified atom stereocenters. The average Bonchev–Trinajstić information content (AvgIpc) is 2.66. The monoisotopic (exact) mass is 444 g/mol. The fourth-order valence-electron chi connectivity index (χ4n) is 4.71. The zero-order valence-electron chi connectivity index (χ0n) is 19.1. The van der Waals surface area contributed by atoms with Gasteiger partial charge in [-0.2, -0.15) is 0 Å². The molecule has 0 spiro atoms. The van der Waals surface area contributed by atoms with Crippen molar-refractivity contribution in [3.05, 3.63) is 52.2 Å². The van der Waals surface area contributed by atoms with Gasteiger partial charge in [-0.15, -0.1) is 0 Å². The molecule has 0 saturated heterocycles. The average molecular weight is 445 g/mol. The van der Waals surface area contributed by atoms with Crippen molar-refractivity contribution < 1.29 is 14.7 Å². The standard InChI is InChI=1S/C25H33ClN2O3/c1-16(2)20-15-28(12-10-22(29)30)23(31)27-25(20,5)18-8-9-19(21(26)13-18)17-7-6-11-24(3,4)14-17/h8-9,13-16H,6-7,10-12H2,1-5H3,(H,27,31)(H,29,30). The Morgan fingerprint density at radius 1 is 1.29 bits per heavy atom. The quantitative estimate of drug-likeness (QED) is 0.549. The van der Waals surface area contributed by atoms with Crippen LogP contribution in [-0.4, -0.2) is 28.6 Å². The summed E-state index contributed by atoms with van der Waals surface area (Å²) in [6.07, 6.45) is 7.39. The zero-order chi connectivity index (χ0) is 23.0. The molecule has 2 aliphatic rings. The number of hydrogen-bond acceptors (Lipinski definition) is 2. The molecule has 1 heterocycles. The van der Waals surface area contributed by atoms with E-state index in [2.05, 4.69) is 45.2 Å². The molecule has 3 rings (SSSR count). The van der Waals surface area contributed by atoms with Crippen LogP contribution in [0, 0.1) is 11.3 Å². The summed E-state index contributed by atoms with van der Waals surface area (Å²) in [6.45, 7) is 10.8. The molecule has 2 N–H and O–H groups in total. The lowest BCUT2D eigenvalue weighted by atomic mass is 9.76. The van der Waals surface area contributed by atoms with Crippen LogP contribution in [0.3, 0.4) is 0 Å². The van der Waals surface area contributed by atoms with Crippen LogP contribution in [-0.2, 0) is 10.3 Å². The molecule has 0 aromatic heterocycles. The summed E-state index contributed by atoms with van der Waals surface area (Å²) in [5, 5.41) is 12.8. The van der Waals surface area contributed by atoms with Gasteiger partial charge < -0.3 is 15.3 Å². The summed E-state index contributed by atoms with van der Waals surface area (Å²) in [4.78, 5) is 25.2. The van der Waals surface area contributed by atoms with E-state index in [1.165, 1.54) is 16.9 Å². The van der Waals surface area contributed by atoms with E-state index < -0.39 is 11.5 Å². The highest BCUT2D eigenvalue weighted by Crippen LogP contribution is 2.42. The van der Waals surface area contributed by atoms with E-state index in [1.807, 2.05) is 19.1 Å². The molecule has 0 fully saturated rings. The number of nitrogens with zero attached hydrogens (tertiary/aromatic N) is 1. The fraction of sp³-hybridized carbons (Fsp3) is 0.520. The Labute approximate surface area is 190 Å². The van der Waals surface area contributed by atoms with Crippen molar-refractivity contribution in [1.82, 2.24) is 10.2 Å². The number of rotatable bonds is 6. The summed E-state index contributed by atoms with van der Waals surface area (Å²) in [6, 6.07) is 5.78. The molecule has 0 bridgehead atoms. The SMILES string of the molecule is CC(C)C1=CN(CCC(=O)O)C(=O)NC1(C)c1ccc(C2=CC(C)(C)CCC2)c(Cl)c1. The molecule has 1 aromatic rings. The lowest BCUT2D eigenvalue weighted by molar-refractivity contribution is -0.137. The molecule has 31 heavy (non-hydrogen) atoms. The molecule has 168 valence electrons.